The summed E-state index contributed by atoms with van der Waals surface area (Å²) in [7, 11) is 1.63. The van der Waals surface area contributed by atoms with Crippen molar-refractivity contribution in [1.82, 2.24) is 9.88 Å². The number of carbonyl (C=O) groups excluding carboxylic acids is 1. The number of likely N-dealkylation sites (tertiary alicyclic amines) is 1. The molecule has 1 aromatic carbocycles. The number of methoxy groups -OCH3 is 1. The highest BCUT2D eigenvalue weighted by atomic mass is 32.1. The van der Waals surface area contributed by atoms with Gasteiger partial charge in [0.05, 0.1) is 17.8 Å². The molecular weight excluding hydrogens is 308 g/mol. The Morgan fingerprint density at radius 1 is 1.35 bits per heavy atom. The third-order valence-corrected chi connectivity index (χ3v) is 5.53. The lowest BCUT2D eigenvalue weighted by Crippen LogP contribution is -2.39. The molecule has 1 aromatic heterocycles. The molecular formula is C18H22N2O2S. The number of hydrogen-bond acceptors (Lipinski definition) is 4. The second kappa shape index (κ2) is 6.81. The van der Waals surface area contributed by atoms with E-state index in [1.165, 1.54) is 16.9 Å². The van der Waals surface area contributed by atoms with Crippen molar-refractivity contribution < 1.29 is 9.53 Å². The minimum Gasteiger partial charge on any atom is -0.378 e. The summed E-state index contributed by atoms with van der Waals surface area (Å²) in [6.07, 6.45) is 0.995. The largest absolute Gasteiger partial charge is 0.378 e. The quantitative estimate of drug-likeness (QED) is 0.858. The zero-order chi connectivity index (χ0) is 16.4. The average molecular weight is 330 g/mol. The SMILES string of the molecule is COCc1ncsc1C(=O)N1C(C)CC(c2ccccc2)C1C. The zero-order valence-electron chi connectivity index (χ0n) is 13.7. The third-order valence-electron chi connectivity index (χ3n) is 4.67. The Labute approximate surface area is 141 Å². The first kappa shape index (κ1) is 16.1. The standard InChI is InChI=1S/C18H22N2O2S/c1-12-9-15(14-7-5-4-6-8-14)13(2)20(12)18(21)17-16(10-22-3)19-11-23-17/h4-8,11-13,15H,9-10H2,1-3H3. The van der Waals surface area contributed by atoms with Gasteiger partial charge >= 0.3 is 0 Å². The van der Waals surface area contributed by atoms with Gasteiger partial charge in [0.15, 0.2) is 0 Å². The number of hydrogen-bond donors (Lipinski definition) is 0. The van der Waals surface area contributed by atoms with Crippen molar-refractivity contribution >= 4 is 17.2 Å². The summed E-state index contributed by atoms with van der Waals surface area (Å²) in [5, 5.41) is 0. The van der Waals surface area contributed by atoms with Crippen LogP contribution in [0.25, 0.3) is 0 Å². The molecule has 5 heteroatoms. The maximum Gasteiger partial charge on any atom is 0.266 e. The van der Waals surface area contributed by atoms with Crippen molar-refractivity contribution in [3.63, 3.8) is 0 Å². The molecule has 2 aromatic rings. The maximum atomic E-state index is 13.0. The Bertz CT molecular complexity index is 671. The average Bonchev–Trinajstić information content (AvgIpc) is 3.13. The van der Waals surface area contributed by atoms with E-state index in [1.54, 1.807) is 12.6 Å². The number of amides is 1. The van der Waals surface area contributed by atoms with E-state index in [0.717, 1.165) is 12.1 Å². The summed E-state index contributed by atoms with van der Waals surface area (Å²) in [6, 6.07) is 10.9. The molecule has 122 valence electrons. The maximum absolute atomic E-state index is 13.0. The third kappa shape index (κ3) is 3.03. The fraction of sp³-hybridized carbons (Fsp3) is 0.444. The summed E-state index contributed by atoms with van der Waals surface area (Å²) in [4.78, 5) is 20.0. The molecule has 0 aliphatic carbocycles. The normalized spacial score (nSPS) is 24.1. The molecule has 0 N–H and O–H groups in total. The molecule has 1 aliphatic rings. The van der Waals surface area contributed by atoms with Gasteiger partial charge in [-0.15, -0.1) is 11.3 Å². The summed E-state index contributed by atoms with van der Waals surface area (Å²) >= 11 is 1.40. The van der Waals surface area contributed by atoms with Gasteiger partial charge in [-0.05, 0) is 25.8 Å². The number of thiazole rings is 1. The molecule has 4 nitrogen and oxygen atoms in total. The fourth-order valence-corrected chi connectivity index (χ4v) is 4.31. The number of ether oxygens (including phenoxy) is 1. The van der Waals surface area contributed by atoms with Crippen LogP contribution in [0, 0.1) is 0 Å². The van der Waals surface area contributed by atoms with Crippen molar-refractivity contribution in [2.45, 2.75) is 44.9 Å². The number of aromatic nitrogens is 1. The van der Waals surface area contributed by atoms with Gasteiger partial charge in [0, 0.05) is 25.1 Å². The molecule has 3 rings (SSSR count). The number of rotatable bonds is 4. The molecule has 3 unspecified atom stereocenters. The van der Waals surface area contributed by atoms with Gasteiger partial charge in [-0.2, -0.15) is 0 Å². The van der Waals surface area contributed by atoms with Crippen LogP contribution in [-0.4, -0.2) is 35.0 Å². The van der Waals surface area contributed by atoms with Gasteiger partial charge in [0.2, 0.25) is 0 Å². The molecule has 1 aliphatic heterocycles. The highest BCUT2D eigenvalue weighted by Crippen LogP contribution is 2.38. The first-order valence-corrected chi connectivity index (χ1v) is 8.80. The van der Waals surface area contributed by atoms with Crippen molar-refractivity contribution in [1.29, 1.82) is 0 Å². The Kier molecular flexibility index (Phi) is 4.78. The molecule has 0 radical (unpaired) electrons. The van der Waals surface area contributed by atoms with E-state index >= 15 is 0 Å². The minimum atomic E-state index is 0.0815. The van der Waals surface area contributed by atoms with Gasteiger partial charge in [0.25, 0.3) is 5.91 Å². The topological polar surface area (TPSA) is 42.4 Å². The predicted octanol–water partition coefficient (Wildman–Crippen LogP) is 3.70. The molecule has 23 heavy (non-hydrogen) atoms. The summed E-state index contributed by atoms with van der Waals surface area (Å²) < 4.78 is 5.16. The lowest BCUT2D eigenvalue weighted by molar-refractivity contribution is 0.0688. The van der Waals surface area contributed by atoms with Gasteiger partial charge in [-0.25, -0.2) is 4.98 Å². The molecule has 1 fully saturated rings. The lowest BCUT2D eigenvalue weighted by Gasteiger charge is -2.27. The van der Waals surface area contributed by atoms with Crippen LogP contribution in [0.3, 0.4) is 0 Å². The van der Waals surface area contributed by atoms with Crippen molar-refractivity contribution in [3.8, 4) is 0 Å². The Morgan fingerprint density at radius 2 is 2.09 bits per heavy atom. The van der Waals surface area contributed by atoms with E-state index < -0.39 is 0 Å². The monoisotopic (exact) mass is 330 g/mol. The van der Waals surface area contributed by atoms with Crippen LogP contribution in [-0.2, 0) is 11.3 Å². The Hall–Kier alpha value is -1.72. The molecule has 1 amide bonds. The van der Waals surface area contributed by atoms with Crippen molar-refractivity contribution in [2.24, 2.45) is 0 Å². The molecule has 0 spiro atoms. The smallest absolute Gasteiger partial charge is 0.266 e. The number of carbonyl (C=O) groups is 1. The van der Waals surface area contributed by atoms with Gasteiger partial charge in [-0.3, -0.25) is 4.79 Å². The summed E-state index contributed by atoms with van der Waals surface area (Å²) in [5.74, 6) is 0.465. The second-order valence-corrected chi connectivity index (χ2v) is 6.97. The molecule has 0 saturated carbocycles. The van der Waals surface area contributed by atoms with Crippen LogP contribution in [0.4, 0.5) is 0 Å². The van der Waals surface area contributed by atoms with Crippen LogP contribution in [0.5, 0.6) is 0 Å². The van der Waals surface area contributed by atoms with Crippen molar-refractivity contribution in [3.05, 3.63) is 52.0 Å². The van der Waals surface area contributed by atoms with Crippen LogP contribution in [0.2, 0.25) is 0 Å². The van der Waals surface area contributed by atoms with Crippen molar-refractivity contribution in [2.75, 3.05) is 7.11 Å². The Balaban J connectivity index is 1.85. The van der Waals surface area contributed by atoms with Gasteiger partial charge in [0.1, 0.15) is 4.88 Å². The van der Waals surface area contributed by atoms with E-state index in [2.05, 4.69) is 43.1 Å². The van der Waals surface area contributed by atoms with Crippen LogP contribution >= 0.6 is 11.3 Å². The van der Waals surface area contributed by atoms with E-state index in [0.29, 0.717) is 17.4 Å². The first-order valence-electron chi connectivity index (χ1n) is 7.92. The van der Waals surface area contributed by atoms with Crippen LogP contribution in [0.15, 0.2) is 35.8 Å². The van der Waals surface area contributed by atoms with E-state index in [1.807, 2.05) is 11.0 Å². The van der Waals surface area contributed by atoms with Crippen LogP contribution < -0.4 is 0 Å². The zero-order valence-corrected chi connectivity index (χ0v) is 14.5. The summed E-state index contributed by atoms with van der Waals surface area (Å²) in [6.45, 7) is 4.66. The highest BCUT2D eigenvalue weighted by molar-refractivity contribution is 7.11. The predicted molar refractivity (Wildman–Crippen MR) is 91.7 cm³/mol. The minimum absolute atomic E-state index is 0.0815. The molecule has 3 atom stereocenters. The molecule has 2 heterocycles. The number of benzene rings is 1. The summed E-state index contributed by atoms with van der Waals surface area (Å²) in [5.41, 5.74) is 3.77. The highest BCUT2D eigenvalue weighted by Gasteiger charge is 2.40. The molecule has 1 saturated heterocycles. The lowest BCUT2D eigenvalue weighted by atomic mass is 9.92. The van der Waals surface area contributed by atoms with E-state index in [-0.39, 0.29) is 18.0 Å². The van der Waals surface area contributed by atoms with Gasteiger partial charge in [-0.1, -0.05) is 30.3 Å². The fourth-order valence-electron chi connectivity index (χ4n) is 3.57. The molecule has 0 bridgehead atoms. The van der Waals surface area contributed by atoms with Crippen LogP contribution in [0.1, 0.15) is 47.1 Å². The first-order chi connectivity index (χ1) is 11.1. The van der Waals surface area contributed by atoms with Gasteiger partial charge < -0.3 is 9.64 Å². The number of nitrogens with zero attached hydrogens (tertiary/aromatic N) is 2. The second-order valence-electron chi connectivity index (χ2n) is 6.12. The Morgan fingerprint density at radius 3 is 2.78 bits per heavy atom. The van der Waals surface area contributed by atoms with E-state index in [4.69, 9.17) is 4.74 Å². The van der Waals surface area contributed by atoms with E-state index in [9.17, 15) is 4.79 Å².